The van der Waals surface area contributed by atoms with Gasteiger partial charge in [0.2, 0.25) is 15.9 Å². The highest BCUT2D eigenvalue weighted by molar-refractivity contribution is 7.88. The maximum absolute atomic E-state index is 14.2. The monoisotopic (exact) mass is 621 g/mol. The molecule has 0 radical (unpaired) electrons. The molecule has 1 aromatic heterocycles. The first kappa shape index (κ1) is 29.5. The molecule has 2 N–H and O–H groups in total. The molecule has 1 saturated carbocycles. The molecule has 5 rings (SSSR count). The molecule has 2 amide bonds. The minimum atomic E-state index is -3.59. The number of aryl methyl sites for hydroxylation is 1. The van der Waals surface area contributed by atoms with Gasteiger partial charge in [0, 0.05) is 34.6 Å². The fourth-order valence-electron chi connectivity index (χ4n) is 5.76. The lowest BCUT2D eigenvalue weighted by Crippen LogP contribution is -2.59. The summed E-state index contributed by atoms with van der Waals surface area (Å²) in [6.45, 7) is 1.49. The van der Waals surface area contributed by atoms with Gasteiger partial charge in [-0.15, -0.1) is 0 Å². The van der Waals surface area contributed by atoms with Crippen molar-refractivity contribution < 1.29 is 27.4 Å². The number of halogens is 2. The lowest BCUT2D eigenvalue weighted by atomic mass is 9.76. The number of hydrogen-bond acceptors (Lipinski definition) is 8. The van der Waals surface area contributed by atoms with Crippen LogP contribution in [0.25, 0.3) is 0 Å². The predicted molar refractivity (Wildman–Crippen MR) is 151 cm³/mol. The molecular formula is C27H29Cl2N5O6S. The van der Waals surface area contributed by atoms with Crippen molar-refractivity contribution in [1.29, 1.82) is 0 Å². The van der Waals surface area contributed by atoms with Crippen LogP contribution in [-0.4, -0.2) is 53.6 Å². The van der Waals surface area contributed by atoms with Crippen LogP contribution in [-0.2, 0) is 26.3 Å². The molecule has 2 aliphatic rings. The second-order valence-electron chi connectivity index (χ2n) is 10.2. The van der Waals surface area contributed by atoms with Gasteiger partial charge in [0.25, 0.3) is 11.8 Å². The molecule has 0 saturated heterocycles. The van der Waals surface area contributed by atoms with Crippen molar-refractivity contribution in [3.63, 3.8) is 0 Å². The number of hydrogen-bond donors (Lipinski definition) is 2. The minimum Gasteiger partial charge on any atom is -0.340 e. The SMILES string of the molecule is Cc1nc(CONC(=O)C2c3ccccc3C(=O)N(C3CCCCC3NS(C)(=O)=O)C2c2ccc(Cl)cc2Cl)no1. The van der Waals surface area contributed by atoms with Crippen LogP contribution in [0.2, 0.25) is 10.0 Å². The van der Waals surface area contributed by atoms with E-state index in [0.717, 1.165) is 19.1 Å². The van der Waals surface area contributed by atoms with Gasteiger partial charge in [-0.25, -0.2) is 18.6 Å². The van der Waals surface area contributed by atoms with Crippen LogP contribution in [0, 0.1) is 6.92 Å². The van der Waals surface area contributed by atoms with Crippen molar-refractivity contribution in [2.45, 2.75) is 63.3 Å². The highest BCUT2D eigenvalue weighted by atomic mass is 35.5. The molecule has 1 aliphatic heterocycles. The second-order valence-corrected chi connectivity index (χ2v) is 12.8. The topological polar surface area (TPSA) is 144 Å². The van der Waals surface area contributed by atoms with Gasteiger partial charge in [0.15, 0.2) is 5.82 Å². The van der Waals surface area contributed by atoms with E-state index in [9.17, 15) is 18.0 Å². The van der Waals surface area contributed by atoms with Crippen molar-refractivity contribution >= 4 is 45.0 Å². The number of carbonyl (C=O) groups is 2. The summed E-state index contributed by atoms with van der Waals surface area (Å²) in [5, 5.41) is 4.42. The molecule has 14 heteroatoms. The van der Waals surface area contributed by atoms with Gasteiger partial charge in [-0.3, -0.25) is 14.4 Å². The lowest BCUT2D eigenvalue weighted by Gasteiger charge is -2.49. The summed E-state index contributed by atoms with van der Waals surface area (Å²) in [6, 6.07) is 9.75. The molecule has 1 fully saturated rings. The quantitative estimate of drug-likeness (QED) is 0.358. The lowest BCUT2D eigenvalue weighted by molar-refractivity contribution is -0.138. The van der Waals surface area contributed by atoms with Crippen LogP contribution in [0.1, 0.15) is 70.8 Å². The molecule has 0 bridgehead atoms. The van der Waals surface area contributed by atoms with Crippen LogP contribution >= 0.6 is 23.2 Å². The van der Waals surface area contributed by atoms with E-state index in [0.29, 0.717) is 40.4 Å². The van der Waals surface area contributed by atoms with Crippen LogP contribution in [0.4, 0.5) is 0 Å². The zero-order valence-corrected chi connectivity index (χ0v) is 24.7. The Morgan fingerprint density at radius 1 is 1.15 bits per heavy atom. The zero-order chi connectivity index (χ0) is 29.3. The predicted octanol–water partition coefficient (Wildman–Crippen LogP) is 4.07. The van der Waals surface area contributed by atoms with E-state index in [-0.39, 0.29) is 23.4 Å². The van der Waals surface area contributed by atoms with E-state index >= 15 is 0 Å². The number of nitrogens with zero attached hydrogens (tertiary/aromatic N) is 3. The van der Waals surface area contributed by atoms with Gasteiger partial charge in [-0.05, 0) is 42.2 Å². The number of amides is 2. The Bertz CT molecular complexity index is 1560. The van der Waals surface area contributed by atoms with Gasteiger partial charge in [0.1, 0.15) is 6.61 Å². The van der Waals surface area contributed by atoms with E-state index in [2.05, 4.69) is 20.3 Å². The van der Waals surface area contributed by atoms with Crippen molar-refractivity contribution in [1.82, 2.24) is 25.2 Å². The number of sulfonamides is 1. The van der Waals surface area contributed by atoms with Crippen molar-refractivity contribution in [2.24, 2.45) is 0 Å². The largest absolute Gasteiger partial charge is 0.340 e. The van der Waals surface area contributed by atoms with E-state index < -0.39 is 40.0 Å². The van der Waals surface area contributed by atoms with Crippen LogP contribution in [0.15, 0.2) is 47.0 Å². The highest BCUT2D eigenvalue weighted by Crippen LogP contribution is 2.47. The Morgan fingerprint density at radius 3 is 2.61 bits per heavy atom. The first-order valence-corrected chi connectivity index (χ1v) is 15.7. The van der Waals surface area contributed by atoms with Crippen LogP contribution < -0.4 is 10.2 Å². The average molecular weight is 623 g/mol. The standard InChI is InChI=1S/C27H29Cl2N5O6S/c1-15-30-23(31-40-15)14-39-32-26(35)24-17-7-3-4-8-18(17)27(36)34(25(24)19-12-11-16(28)13-20(19)29)22-10-6-5-9-21(22)33-41(2,37)38/h3-4,7-8,11-13,21-22,24-25,33H,5-6,9-10,14H2,1-2H3,(H,32,35). The molecule has 218 valence electrons. The number of nitrogens with one attached hydrogen (secondary N) is 2. The summed E-state index contributed by atoms with van der Waals surface area (Å²) in [5.41, 5.74) is 3.82. The number of benzene rings is 2. The van der Waals surface area contributed by atoms with E-state index in [1.165, 1.54) is 0 Å². The third kappa shape index (κ3) is 6.41. The van der Waals surface area contributed by atoms with E-state index in [4.69, 9.17) is 32.6 Å². The van der Waals surface area contributed by atoms with Crippen molar-refractivity contribution in [3.05, 3.63) is 80.9 Å². The van der Waals surface area contributed by atoms with Crippen LogP contribution in [0.5, 0.6) is 0 Å². The van der Waals surface area contributed by atoms with Gasteiger partial charge < -0.3 is 9.42 Å². The highest BCUT2D eigenvalue weighted by Gasteiger charge is 2.49. The molecule has 1 aliphatic carbocycles. The van der Waals surface area contributed by atoms with Crippen molar-refractivity contribution in [3.8, 4) is 0 Å². The molecular weight excluding hydrogens is 593 g/mol. The third-order valence-corrected chi connectivity index (χ3v) is 8.63. The molecule has 41 heavy (non-hydrogen) atoms. The summed E-state index contributed by atoms with van der Waals surface area (Å²) in [7, 11) is -3.59. The fraction of sp³-hybridized carbons (Fsp3) is 0.407. The molecule has 2 heterocycles. The summed E-state index contributed by atoms with van der Waals surface area (Å²) in [4.78, 5) is 39.3. The third-order valence-electron chi connectivity index (χ3n) is 7.34. The number of rotatable bonds is 8. The molecule has 11 nitrogen and oxygen atoms in total. The Kier molecular flexibility index (Phi) is 8.67. The Hall–Kier alpha value is -3.03. The summed E-state index contributed by atoms with van der Waals surface area (Å²) in [6.07, 6.45) is 3.74. The Labute approximate surface area is 247 Å². The molecule has 0 spiro atoms. The van der Waals surface area contributed by atoms with Gasteiger partial charge in [-0.1, -0.05) is 65.5 Å². The first-order chi connectivity index (χ1) is 19.5. The summed E-state index contributed by atoms with van der Waals surface area (Å²) in [5.74, 6) is -1.22. The minimum absolute atomic E-state index is 0.143. The average Bonchev–Trinajstić information content (AvgIpc) is 3.33. The number of aromatic nitrogens is 2. The van der Waals surface area contributed by atoms with Gasteiger partial charge >= 0.3 is 0 Å². The van der Waals surface area contributed by atoms with Crippen LogP contribution in [0.3, 0.4) is 0 Å². The van der Waals surface area contributed by atoms with E-state index in [1.54, 1.807) is 54.3 Å². The molecule has 4 atom stereocenters. The second kappa shape index (κ2) is 12.1. The maximum Gasteiger partial charge on any atom is 0.255 e. The molecule has 3 aromatic rings. The zero-order valence-electron chi connectivity index (χ0n) is 22.3. The summed E-state index contributed by atoms with van der Waals surface area (Å²) < 4.78 is 32.3. The normalized spacial score (nSPS) is 22.8. The van der Waals surface area contributed by atoms with Crippen molar-refractivity contribution in [2.75, 3.05) is 6.26 Å². The maximum atomic E-state index is 14.2. The van der Waals surface area contributed by atoms with Gasteiger partial charge in [-0.2, -0.15) is 4.98 Å². The number of fused-ring (bicyclic) bond motifs is 1. The molecule has 4 unspecified atom stereocenters. The number of hydroxylamine groups is 1. The Morgan fingerprint density at radius 2 is 1.90 bits per heavy atom. The van der Waals surface area contributed by atoms with E-state index in [1.807, 2.05) is 0 Å². The Balaban J connectivity index is 1.60. The molecule has 2 aromatic carbocycles. The fourth-order valence-corrected chi connectivity index (χ4v) is 7.11. The smallest absolute Gasteiger partial charge is 0.255 e. The van der Waals surface area contributed by atoms with Gasteiger partial charge in [0.05, 0.1) is 18.2 Å². The first-order valence-electron chi connectivity index (χ1n) is 13.1. The summed E-state index contributed by atoms with van der Waals surface area (Å²) >= 11 is 12.9. The number of carbonyl (C=O) groups excluding carboxylic acids is 2.